The first kappa shape index (κ1) is 16.5. The summed E-state index contributed by atoms with van der Waals surface area (Å²) in [5.74, 6) is 0.0332. The molecule has 0 aliphatic carbocycles. The van der Waals surface area contributed by atoms with Gasteiger partial charge in [0.15, 0.2) is 0 Å². The molecular weight excluding hydrogens is 328 g/mol. The van der Waals surface area contributed by atoms with Gasteiger partial charge in [-0.15, -0.1) is 0 Å². The molecule has 2 aromatic heterocycles. The minimum Gasteiger partial charge on any atom is -0.368 e. The fourth-order valence-electron chi connectivity index (χ4n) is 3.11. The molecule has 1 saturated heterocycles. The van der Waals surface area contributed by atoms with Crippen molar-refractivity contribution in [3.05, 3.63) is 72.3 Å². The molecule has 3 aromatic rings. The van der Waals surface area contributed by atoms with E-state index in [0.29, 0.717) is 25.3 Å². The summed E-state index contributed by atoms with van der Waals surface area (Å²) in [6.07, 6.45) is 5.38. The van der Waals surface area contributed by atoms with Crippen LogP contribution in [0.5, 0.6) is 0 Å². The van der Waals surface area contributed by atoms with Gasteiger partial charge in [0.25, 0.3) is 5.91 Å². The lowest BCUT2D eigenvalue weighted by atomic mass is 10.1. The Labute approximate surface area is 152 Å². The van der Waals surface area contributed by atoms with E-state index in [1.54, 1.807) is 4.68 Å². The molecule has 1 amide bonds. The van der Waals surface area contributed by atoms with Crippen LogP contribution in [0.2, 0.25) is 0 Å². The number of amides is 1. The molecule has 6 nitrogen and oxygen atoms in total. The summed E-state index contributed by atoms with van der Waals surface area (Å²) in [6, 6.07) is 13.3. The number of carbonyl (C=O) groups is 1. The van der Waals surface area contributed by atoms with Gasteiger partial charge < -0.3 is 9.64 Å². The molecule has 1 aliphatic rings. The van der Waals surface area contributed by atoms with Crippen molar-refractivity contribution in [1.82, 2.24) is 19.7 Å². The first-order valence-electron chi connectivity index (χ1n) is 8.61. The lowest BCUT2D eigenvalue weighted by molar-refractivity contribution is -0.0247. The van der Waals surface area contributed by atoms with Gasteiger partial charge >= 0.3 is 0 Å². The van der Waals surface area contributed by atoms with Crippen molar-refractivity contribution in [2.24, 2.45) is 7.05 Å². The van der Waals surface area contributed by atoms with E-state index in [2.05, 4.69) is 10.1 Å². The van der Waals surface area contributed by atoms with E-state index in [4.69, 9.17) is 4.74 Å². The molecule has 0 bridgehead atoms. The molecule has 0 spiro atoms. The highest BCUT2D eigenvalue weighted by Crippen LogP contribution is 2.24. The second kappa shape index (κ2) is 7.09. The Hall–Kier alpha value is -2.99. The average Bonchev–Trinajstić information content (AvgIpc) is 3.15. The van der Waals surface area contributed by atoms with E-state index >= 15 is 0 Å². The monoisotopic (exact) mass is 348 g/mol. The molecule has 1 atom stereocenters. The van der Waals surface area contributed by atoms with Crippen molar-refractivity contribution in [2.75, 3.05) is 19.7 Å². The van der Waals surface area contributed by atoms with Crippen LogP contribution in [0.25, 0.3) is 11.1 Å². The van der Waals surface area contributed by atoms with E-state index in [-0.39, 0.29) is 12.0 Å². The first-order valence-corrected chi connectivity index (χ1v) is 8.61. The highest BCUT2D eigenvalue weighted by molar-refractivity contribution is 5.94. The zero-order valence-corrected chi connectivity index (χ0v) is 14.6. The minimum atomic E-state index is -0.209. The molecule has 1 fully saturated rings. The minimum absolute atomic E-state index is 0.0332. The van der Waals surface area contributed by atoms with E-state index < -0.39 is 0 Å². The molecule has 6 heteroatoms. The standard InChI is InChI=1S/C20H20N4O2/c1-23-13-17(12-22-23)16-7-8-18(21-11-16)19-14-24(9-10-26-19)20(25)15-5-3-2-4-6-15/h2-8,11-13,19H,9-10,14H2,1H3. The lowest BCUT2D eigenvalue weighted by Crippen LogP contribution is -2.42. The maximum Gasteiger partial charge on any atom is 0.254 e. The number of morpholine rings is 1. The summed E-state index contributed by atoms with van der Waals surface area (Å²) in [7, 11) is 1.89. The molecule has 26 heavy (non-hydrogen) atoms. The maximum absolute atomic E-state index is 12.7. The molecule has 1 aliphatic heterocycles. The molecule has 0 saturated carbocycles. The zero-order chi connectivity index (χ0) is 17.9. The van der Waals surface area contributed by atoms with Gasteiger partial charge in [0.05, 0.1) is 25.0 Å². The smallest absolute Gasteiger partial charge is 0.254 e. The second-order valence-electron chi connectivity index (χ2n) is 6.35. The first-order chi connectivity index (χ1) is 12.7. The van der Waals surface area contributed by atoms with Crippen LogP contribution >= 0.6 is 0 Å². The van der Waals surface area contributed by atoms with Crippen molar-refractivity contribution < 1.29 is 9.53 Å². The summed E-state index contributed by atoms with van der Waals surface area (Å²) in [4.78, 5) is 19.0. The van der Waals surface area contributed by atoms with Crippen molar-refractivity contribution in [2.45, 2.75) is 6.10 Å². The van der Waals surface area contributed by atoms with Gasteiger partial charge in [-0.2, -0.15) is 5.10 Å². The summed E-state index contributed by atoms with van der Waals surface area (Å²) in [5, 5.41) is 4.18. The Morgan fingerprint density at radius 1 is 1.12 bits per heavy atom. The SMILES string of the molecule is Cn1cc(-c2ccc(C3CN(C(=O)c4ccccc4)CCO3)nc2)cn1. The van der Waals surface area contributed by atoms with E-state index in [0.717, 1.165) is 16.8 Å². The Bertz CT molecular complexity index is 890. The van der Waals surface area contributed by atoms with Crippen molar-refractivity contribution in [3.8, 4) is 11.1 Å². The molecule has 132 valence electrons. The number of carbonyl (C=O) groups excluding carboxylic acids is 1. The highest BCUT2D eigenvalue weighted by Gasteiger charge is 2.26. The Balaban J connectivity index is 1.48. The number of hydrogen-bond acceptors (Lipinski definition) is 4. The normalized spacial score (nSPS) is 17.3. The van der Waals surface area contributed by atoms with Crippen molar-refractivity contribution >= 4 is 5.91 Å². The van der Waals surface area contributed by atoms with Crippen LogP contribution in [0.15, 0.2) is 61.1 Å². The number of hydrogen-bond donors (Lipinski definition) is 0. The van der Waals surface area contributed by atoms with Gasteiger partial charge in [-0.05, 0) is 18.2 Å². The zero-order valence-electron chi connectivity index (χ0n) is 14.6. The highest BCUT2D eigenvalue weighted by atomic mass is 16.5. The Kier molecular flexibility index (Phi) is 4.50. The number of benzene rings is 1. The predicted octanol–water partition coefficient (Wildman–Crippen LogP) is 2.70. The average molecular weight is 348 g/mol. The molecule has 4 rings (SSSR count). The molecule has 3 heterocycles. The second-order valence-corrected chi connectivity index (χ2v) is 6.35. The van der Waals surface area contributed by atoms with Gasteiger partial charge in [0.2, 0.25) is 0 Å². The van der Waals surface area contributed by atoms with E-state index in [9.17, 15) is 4.79 Å². The largest absolute Gasteiger partial charge is 0.368 e. The van der Waals surface area contributed by atoms with Crippen LogP contribution in [0.3, 0.4) is 0 Å². The number of aryl methyl sites for hydroxylation is 1. The fraction of sp³-hybridized carbons (Fsp3) is 0.250. The lowest BCUT2D eigenvalue weighted by Gasteiger charge is -2.32. The number of pyridine rings is 1. The van der Waals surface area contributed by atoms with Crippen LogP contribution in [-0.2, 0) is 11.8 Å². The fourth-order valence-corrected chi connectivity index (χ4v) is 3.11. The van der Waals surface area contributed by atoms with E-state index in [1.165, 1.54) is 0 Å². The molecule has 1 aromatic carbocycles. The van der Waals surface area contributed by atoms with Gasteiger partial charge in [0, 0.05) is 42.7 Å². The topological polar surface area (TPSA) is 60.2 Å². The molecule has 1 unspecified atom stereocenters. The van der Waals surface area contributed by atoms with Crippen LogP contribution in [0, 0.1) is 0 Å². The summed E-state index contributed by atoms with van der Waals surface area (Å²) in [5.41, 5.74) is 3.57. The van der Waals surface area contributed by atoms with Gasteiger partial charge in [-0.25, -0.2) is 0 Å². The van der Waals surface area contributed by atoms with Crippen molar-refractivity contribution in [1.29, 1.82) is 0 Å². The molecular formula is C20H20N4O2. The Morgan fingerprint density at radius 3 is 2.65 bits per heavy atom. The van der Waals surface area contributed by atoms with Crippen LogP contribution in [-0.4, -0.2) is 45.3 Å². The third-order valence-corrected chi connectivity index (χ3v) is 4.53. The number of aromatic nitrogens is 3. The summed E-state index contributed by atoms with van der Waals surface area (Å²) < 4.78 is 7.62. The van der Waals surface area contributed by atoms with Crippen LogP contribution < -0.4 is 0 Å². The third kappa shape index (κ3) is 3.36. The van der Waals surface area contributed by atoms with Gasteiger partial charge in [-0.1, -0.05) is 24.3 Å². The number of rotatable bonds is 3. The Morgan fingerprint density at radius 2 is 1.96 bits per heavy atom. The summed E-state index contributed by atoms with van der Waals surface area (Å²) in [6.45, 7) is 1.61. The summed E-state index contributed by atoms with van der Waals surface area (Å²) >= 11 is 0. The quantitative estimate of drug-likeness (QED) is 0.730. The predicted molar refractivity (Wildman–Crippen MR) is 97.5 cm³/mol. The number of ether oxygens (including phenoxy) is 1. The maximum atomic E-state index is 12.7. The van der Waals surface area contributed by atoms with Gasteiger partial charge in [-0.3, -0.25) is 14.5 Å². The van der Waals surface area contributed by atoms with Crippen LogP contribution in [0.4, 0.5) is 0 Å². The number of nitrogens with zero attached hydrogens (tertiary/aromatic N) is 4. The molecule has 0 N–H and O–H groups in total. The van der Waals surface area contributed by atoms with Crippen LogP contribution in [0.1, 0.15) is 22.2 Å². The van der Waals surface area contributed by atoms with Gasteiger partial charge in [0.1, 0.15) is 6.10 Å². The molecule has 0 radical (unpaired) electrons. The van der Waals surface area contributed by atoms with Crippen molar-refractivity contribution in [3.63, 3.8) is 0 Å². The van der Waals surface area contributed by atoms with E-state index in [1.807, 2.05) is 73.0 Å². The third-order valence-electron chi connectivity index (χ3n) is 4.53.